The number of nitrogens with zero attached hydrogens (tertiary/aromatic N) is 4. The number of benzene rings is 2. The van der Waals surface area contributed by atoms with E-state index in [1.807, 2.05) is 46.8 Å². The predicted octanol–water partition coefficient (Wildman–Crippen LogP) is 4.30. The highest BCUT2D eigenvalue weighted by molar-refractivity contribution is 6.07. The van der Waals surface area contributed by atoms with Gasteiger partial charge in [-0.25, -0.2) is 0 Å². The lowest BCUT2D eigenvalue weighted by Crippen LogP contribution is -2.49. The molecule has 2 aliphatic heterocycles. The lowest BCUT2D eigenvalue weighted by Gasteiger charge is -2.40. The highest BCUT2D eigenvalue weighted by Crippen LogP contribution is 2.31. The van der Waals surface area contributed by atoms with Crippen LogP contribution in [0.1, 0.15) is 53.8 Å². The zero-order chi connectivity index (χ0) is 24.8. The second-order valence-corrected chi connectivity index (χ2v) is 10.0. The number of nitrogens with one attached hydrogen (secondary N) is 1. The monoisotopic (exact) mass is 501 g/mol. The summed E-state index contributed by atoms with van der Waals surface area (Å²) in [4.78, 5) is 34.0. The van der Waals surface area contributed by atoms with Crippen LogP contribution in [0.5, 0.6) is 0 Å². The third kappa shape index (κ3) is 4.45. The molecule has 6 rings (SSSR count). The molecule has 8 heteroatoms. The van der Waals surface area contributed by atoms with Gasteiger partial charge in [-0.2, -0.15) is 5.10 Å². The minimum atomic E-state index is -0.154. The van der Waals surface area contributed by atoms with Crippen molar-refractivity contribution >= 4 is 27.7 Å². The summed E-state index contributed by atoms with van der Waals surface area (Å²) in [7, 11) is 2.12. The molecular weight excluding hydrogens is 466 g/mol. The van der Waals surface area contributed by atoms with Crippen LogP contribution in [0.3, 0.4) is 0 Å². The minimum absolute atomic E-state index is 0. The predicted molar refractivity (Wildman–Crippen MR) is 146 cm³/mol. The lowest BCUT2D eigenvalue weighted by molar-refractivity contribution is 0.0545. The van der Waals surface area contributed by atoms with Gasteiger partial charge in [0.15, 0.2) is 0 Å². The maximum atomic E-state index is 13.9. The SMILES string of the molecule is C.Cc1cc2[nH]c(=O)c3cnn(C4CCOCC4)c3c2cc1C(=O)N1CCN(C)[C@@H](c2ccccc2)C1. The molecule has 1 N–H and O–H groups in total. The molecule has 4 heterocycles. The van der Waals surface area contributed by atoms with Crippen molar-refractivity contribution in [3.05, 3.63) is 75.7 Å². The van der Waals surface area contributed by atoms with E-state index in [1.165, 1.54) is 5.56 Å². The van der Waals surface area contributed by atoms with Crippen molar-refractivity contribution in [3.63, 3.8) is 0 Å². The topological polar surface area (TPSA) is 83.5 Å². The van der Waals surface area contributed by atoms with Crippen molar-refractivity contribution in [3.8, 4) is 0 Å². The average molecular weight is 502 g/mol. The van der Waals surface area contributed by atoms with Gasteiger partial charge in [-0.1, -0.05) is 37.8 Å². The van der Waals surface area contributed by atoms with Crippen molar-refractivity contribution in [2.45, 2.75) is 39.3 Å². The normalized spacial score (nSPS) is 19.3. The average Bonchev–Trinajstić information content (AvgIpc) is 3.36. The second-order valence-electron chi connectivity index (χ2n) is 10.0. The van der Waals surface area contributed by atoms with Gasteiger partial charge in [0.1, 0.15) is 0 Å². The van der Waals surface area contributed by atoms with E-state index in [4.69, 9.17) is 4.74 Å². The summed E-state index contributed by atoms with van der Waals surface area (Å²) in [6, 6.07) is 14.6. The zero-order valence-electron chi connectivity index (χ0n) is 20.7. The number of carbonyl (C=O) groups is 1. The summed E-state index contributed by atoms with van der Waals surface area (Å²) in [5.74, 6) is 0.0277. The Kier molecular flexibility index (Phi) is 6.88. The fraction of sp³-hybridized carbons (Fsp3) is 0.414. The van der Waals surface area contributed by atoms with Gasteiger partial charge in [-0.3, -0.25) is 19.2 Å². The van der Waals surface area contributed by atoms with E-state index >= 15 is 0 Å². The molecule has 1 amide bonds. The van der Waals surface area contributed by atoms with Crippen molar-refractivity contribution in [2.75, 3.05) is 39.9 Å². The number of piperazine rings is 1. The summed E-state index contributed by atoms with van der Waals surface area (Å²) >= 11 is 0. The zero-order valence-corrected chi connectivity index (χ0v) is 20.7. The molecular formula is C29H35N5O3. The number of hydrogen-bond acceptors (Lipinski definition) is 5. The summed E-state index contributed by atoms with van der Waals surface area (Å²) in [5, 5.41) is 6.02. The van der Waals surface area contributed by atoms with Crippen molar-refractivity contribution < 1.29 is 9.53 Å². The second kappa shape index (κ2) is 10.1. The number of carbonyl (C=O) groups excluding carboxylic acids is 1. The Morgan fingerprint density at radius 3 is 2.59 bits per heavy atom. The molecule has 0 unspecified atom stereocenters. The number of hydrogen-bond donors (Lipinski definition) is 1. The molecule has 37 heavy (non-hydrogen) atoms. The number of ether oxygens (including phenoxy) is 1. The Morgan fingerprint density at radius 2 is 1.84 bits per heavy atom. The van der Waals surface area contributed by atoms with Gasteiger partial charge in [0, 0.05) is 43.8 Å². The van der Waals surface area contributed by atoms with E-state index in [-0.39, 0.29) is 31.0 Å². The number of H-pyrrole nitrogens is 1. The molecule has 1 atom stereocenters. The highest BCUT2D eigenvalue weighted by atomic mass is 16.5. The van der Waals surface area contributed by atoms with Crippen LogP contribution in [0.4, 0.5) is 0 Å². The van der Waals surface area contributed by atoms with Crippen LogP contribution >= 0.6 is 0 Å². The van der Waals surface area contributed by atoms with Crippen LogP contribution in [0, 0.1) is 6.92 Å². The molecule has 194 valence electrons. The first-order valence-corrected chi connectivity index (χ1v) is 12.7. The largest absolute Gasteiger partial charge is 0.381 e. The third-order valence-electron chi connectivity index (χ3n) is 7.79. The Labute approximate surface area is 216 Å². The van der Waals surface area contributed by atoms with Crippen LogP contribution in [0.25, 0.3) is 21.8 Å². The van der Waals surface area contributed by atoms with Crippen LogP contribution in [0.2, 0.25) is 0 Å². The van der Waals surface area contributed by atoms with Gasteiger partial charge >= 0.3 is 0 Å². The quantitative estimate of drug-likeness (QED) is 0.453. The van der Waals surface area contributed by atoms with Gasteiger partial charge in [-0.05, 0) is 50.1 Å². The fourth-order valence-corrected chi connectivity index (χ4v) is 5.69. The number of amides is 1. The van der Waals surface area contributed by atoms with E-state index in [0.29, 0.717) is 37.3 Å². The lowest BCUT2D eigenvalue weighted by atomic mass is 9.99. The number of aromatic amines is 1. The molecule has 2 aromatic heterocycles. The van der Waals surface area contributed by atoms with Crippen LogP contribution in [-0.4, -0.2) is 70.4 Å². The maximum absolute atomic E-state index is 13.9. The Balaban J connectivity index is 0.00000280. The van der Waals surface area contributed by atoms with E-state index in [2.05, 4.69) is 34.2 Å². The summed E-state index contributed by atoms with van der Waals surface area (Å²) in [5.41, 5.74) is 4.12. The molecule has 0 radical (unpaired) electrons. The molecule has 8 nitrogen and oxygen atoms in total. The van der Waals surface area contributed by atoms with Crippen LogP contribution in [0.15, 0.2) is 53.5 Å². The first kappa shape index (κ1) is 25.2. The molecule has 0 aliphatic carbocycles. The summed E-state index contributed by atoms with van der Waals surface area (Å²) in [6.07, 6.45) is 3.35. The first-order valence-electron chi connectivity index (χ1n) is 12.7. The number of aromatic nitrogens is 3. The molecule has 2 fully saturated rings. The minimum Gasteiger partial charge on any atom is -0.381 e. The molecule has 0 bridgehead atoms. The van der Waals surface area contributed by atoms with Gasteiger partial charge in [0.25, 0.3) is 11.5 Å². The van der Waals surface area contributed by atoms with Crippen molar-refractivity contribution in [2.24, 2.45) is 0 Å². The summed E-state index contributed by atoms with van der Waals surface area (Å²) in [6.45, 7) is 5.43. The Hall–Kier alpha value is -3.49. The maximum Gasteiger partial charge on any atom is 0.259 e. The summed E-state index contributed by atoms with van der Waals surface area (Å²) < 4.78 is 7.51. The third-order valence-corrected chi connectivity index (χ3v) is 7.79. The van der Waals surface area contributed by atoms with Gasteiger partial charge < -0.3 is 14.6 Å². The Morgan fingerprint density at radius 1 is 1.08 bits per heavy atom. The highest BCUT2D eigenvalue weighted by Gasteiger charge is 2.30. The van der Waals surface area contributed by atoms with Crippen LogP contribution < -0.4 is 5.56 Å². The van der Waals surface area contributed by atoms with E-state index < -0.39 is 0 Å². The first-order chi connectivity index (χ1) is 17.5. The van der Waals surface area contributed by atoms with Crippen LogP contribution in [-0.2, 0) is 4.74 Å². The van der Waals surface area contributed by atoms with E-state index in [1.54, 1.807) is 6.20 Å². The number of aryl methyl sites for hydroxylation is 1. The van der Waals surface area contributed by atoms with E-state index in [0.717, 1.165) is 41.4 Å². The standard InChI is InChI=1S/C28H31N5O3.CH4/c1-18-14-24-22(26-23(27(34)30-24)16-29-33(26)20-8-12-36-13-9-20)15-21(18)28(35)32-11-10-31(2)25(17-32)19-6-4-3-5-7-19;/h3-7,14-16,20,25H,8-13,17H2,1-2H3,(H,30,34);1H4/t25-;/m1./s1. The van der Waals surface area contributed by atoms with E-state index in [9.17, 15) is 9.59 Å². The molecule has 0 saturated carbocycles. The number of likely N-dealkylation sites (N-methyl/N-ethyl adjacent to an activating group) is 1. The molecule has 2 aliphatic rings. The van der Waals surface area contributed by atoms with Crippen molar-refractivity contribution in [1.29, 1.82) is 0 Å². The number of rotatable bonds is 3. The molecule has 2 saturated heterocycles. The Bertz CT molecular complexity index is 1490. The fourth-order valence-electron chi connectivity index (χ4n) is 5.69. The van der Waals surface area contributed by atoms with Gasteiger partial charge in [0.2, 0.25) is 0 Å². The van der Waals surface area contributed by atoms with Crippen molar-refractivity contribution in [1.82, 2.24) is 24.6 Å². The van der Waals surface area contributed by atoms with Gasteiger partial charge in [-0.15, -0.1) is 0 Å². The molecule has 4 aromatic rings. The number of fused-ring (bicyclic) bond motifs is 3. The number of pyridine rings is 1. The smallest absolute Gasteiger partial charge is 0.259 e. The molecule has 2 aromatic carbocycles. The van der Waals surface area contributed by atoms with Gasteiger partial charge in [0.05, 0.1) is 34.7 Å². The molecule has 0 spiro atoms.